The number of esters is 1. The number of anilines is 1. The standard InChI is InChI=1S/C25H26N2O4S/c1-3-31-25(30)19-5-4-12-27(15-19)24(29)18-10-11-21-20(14-18)26-23(28)22(32-21)13-17-8-6-16(2)7-9-17/h6-11,13-14,19H,3-5,12,15H2,1-2H3,(H,26,28)/b22-13+. The van der Waals surface area contributed by atoms with E-state index in [1.54, 1.807) is 24.0 Å². The van der Waals surface area contributed by atoms with Crippen molar-refractivity contribution in [3.63, 3.8) is 0 Å². The number of nitrogens with one attached hydrogen (secondary N) is 1. The van der Waals surface area contributed by atoms with E-state index >= 15 is 0 Å². The average molecular weight is 451 g/mol. The Labute approximate surface area is 192 Å². The fourth-order valence-corrected chi connectivity index (χ4v) is 4.84. The van der Waals surface area contributed by atoms with E-state index in [0.717, 1.165) is 28.9 Å². The summed E-state index contributed by atoms with van der Waals surface area (Å²) < 4.78 is 5.13. The highest BCUT2D eigenvalue weighted by atomic mass is 32.2. The van der Waals surface area contributed by atoms with Crippen molar-refractivity contribution in [3.8, 4) is 0 Å². The maximum absolute atomic E-state index is 13.1. The fraction of sp³-hybridized carbons (Fsp3) is 0.320. The zero-order valence-electron chi connectivity index (χ0n) is 18.2. The molecule has 2 aliphatic rings. The number of nitrogens with zero attached hydrogens (tertiary/aromatic N) is 1. The van der Waals surface area contributed by atoms with Crippen LogP contribution in [0.25, 0.3) is 6.08 Å². The highest BCUT2D eigenvalue weighted by molar-refractivity contribution is 8.04. The van der Waals surface area contributed by atoms with E-state index in [9.17, 15) is 14.4 Å². The van der Waals surface area contributed by atoms with E-state index in [1.807, 2.05) is 43.3 Å². The minimum Gasteiger partial charge on any atom is -0.466 e. The molecule has 0 aliphatic carbocycles. The predicted molar refractivity (Wildman–Crippen MR) is 125 cm³/mol. The van der Waals surface area contributed by atoms with Crippen LogP contribution < -0.4 is 5.32 Å². The second-order valence-corrected chi connectivity index (χ2v) is 9.11. The first-order valence-electron chi connectivity index (χ1n) is 10.8. The van der Waals surface area contributed by atoms with Gasteiger partial charge in [-0.3, -0.25) is 14.4 Å². The molecule has 2 aromatic rings. The van der Waals surface area contributed by atoms with Crippen molar-refractivity contribution in [1.29, 1.82) is 0 Å². The van der Waals surface area contributed by atoms with E-state index in [2.05, 4.69) is 5.32 Å². The smallest absolute Gasteiger partial charge is 0.310 e. The van der Waals surface area contributed by atoms with Crippen LogP contribution in [-0.4, -0.2) is 42.4 Å². The number of piperidine rings is 1. The molecule has 6 nitrogen and oxygen atoms in total. The molecular weight excluding hydrogens is 424 g/mol. The molecule has 0 radical (unpaired) electrons. The van der Waals surface area contributed by atoms with Gasteiger partial charge >= 0.3 is 5.97 Å². The topological polar surface area (TPSA) is 75.7 Å². The van der Waals surface area contributed by atoms with Crippen LogP contribution in [0.5, 0.6) is 0 Å². The van der Waals surface area contributed by atoms with Gasteiger partial charge in [0.15, 0.2) is 0 Å². The summed E-state index contributed by atoms with van der Waals surface area (Å²) in [5.41, 5.74) is 3.26. The van der Waals surface area contributed by atoms with E-state index in [-0.39, 0.29) is 23.7 Å². The third-order valence-corrected chi connectivity index (χ3v) is 6.72. The second kappa shape index (κ2) is 9.61. The van der Waals surface area contributed by atoms with Crippen LogP contribution >= 0.6 is 11.8 Å². The van der Waals surface area contributed by atoms with Crippen molar-refractivity contribution in [2.75, 3.05) is 25.0 Å². The Bertz CT molecular complexity index is 1080. The number of carbonyl (C=O) groups excluding carboxylic acids is 3. The van der Waals surface area contributed by atoms with E-state index in [0.29, 0.717) is 35.9 Å². The first-order valence-corrected chi connectivity index (χ1v) is 11.6. The minimum absolute atomic E-state index is 0.137. The Morgan fingerprint density at radius 2 is 2.00 bits per heavy atom. The first kappa shape index (κ1) is 22.1. The molecule has 1 N–H and O–H groups in total. The Morgan fingerprint density at radius 3 is 2.75 bits per heavy atom. The monoisotopic (exact) mass is 450 g/mol. The number of thioether (sulfide) groups is 1. The maximum atomic E-state index is 13.1. The molecule has 0 bridgehead atoms. The lowest BCUT2D eigenvalue weighted by atomic mass is 9.97. The number of fused-ring (bicyclic) bond motifs is 1. The summed E-state index contributed by atoms with van der Waals surface area (Å²) >= 11 is 1.39. The van der Waals surface area contributed by atoms with Gasteiger partial charge in [-0.2, -0.15) is 0 Å². The molecule has 1 atom stereocenters. The van der Waals surface area contributed by atoms with Crippen molar-refractivity contribution in [3.05, 3.63) is 64.1 Å². The van der Waals surface area contributed by atoms with Gasteiger partial charge in [0.1, 0.15) is 0 Å². The summed E-state index contributed by atoms with van der Waals surface area (Å²) in [6, 6.07) is 13.4. The molecule has 0 spiro atoms. The number of carbonyl (C=O) groups is 3. The maximum Gasteiger partial charge on any atom is 0.310 e. The van der Waals surface area contributed by atoms with Gasteiger partial charge in [0.05, 0.1) is 23.1 Å². The van der Waals surface area contributed by atoms with Crippen molar-refractivity contribution in [2.24, 2.45) is 5.92 Å². The number of amides is 2. The lowest BCUT2D eigenvalue weighted by Gasteiger charge is -2.32. The van der Waals surface area contributed by atoms with E-state index in [1.165, 1.54) is 11.8 Å². The van der Waals surface area contributed by atoms with Gasteiger partial charge < -0.3 is 15.0 Å². The highest BCUT2D eigenvalue weighted by Gasteiger charge is 2.30. The number of hydrogen-bond donors (Lipinski definition) is 1. The Morgan fingerprint density at radius 1 is 1.22 bits per heavy atom. The zero-order chi connectivity index (χ0) is 22.7. The normalized spacial score (nSPS) is 19.3. The number of benzene rings is 2. The number of hydrogen-bond acceptors (Lipinski definition) is 5. The van der Waals surface area contributed by atoms with Gasteiger partial charge in [0, 0.05) is 23.5 Å². The fourth-order valence-electron chi connectivity index (χ4n) is 3.90. The van der Waals surface area contributed by atoms with Gasteiger partial charge in [0.2, 0.25) is 0 Å². The molecule has 4 rings (SSSR count). The van der Waals surface area contributed by atoms with Gasteiger partial charge in [0.25, 0.3) is 11.8 Å². The molecule has 0 saturated carbocycles. The van der Waals surface area contributed by atoms with Crippen LogP contribution in [0.1, 0.15) is 41.3 Å². The number of aryl methyl sites for hydroxylation is 1. The summed E-state index contributed by atoms with van der Waals surface area (Å²) in [5, 5.41) is 2.91. The van der Waals surface area contributed by atoms with Crippen LogP contribution in [0.15, 0.2) is 52.3 Å². The number of rotatable bonds is 4. The van der Waals surface area contributed by atoms with Gasteiger partial charge in [-0.25, -0.2) is 0 Å². The molecule has 1 fully saturated rings. The second-order valence-electron chi connectivity index (χ2n) is 8.03. The van der Waals surface area contributed by atoms with E-state index in [4.69, 9.17) is 4.74 Å². The first-order chi connectivity index (χ1) is 15.4. The summed E-state index contributed by atoms with van der Waals surface area (Å²) in [5.74, 6) is -0.850. The molecule has 2 heterocycles. The Balaban J connectivity index is 1.49. The summed E-state index contributed by atoms with van der Waals surface area (Å²) in [6.45, 7) is 5.11. The van der Waals surface area contributed by atoms with Crippen LogP contribution in [-0.2, 0) is 14.3 Å². The number of ether oxygens (including phenoxy) is 1. The van der Waals surface area contributed by atoms with E-state index < -0.39 is 0 Å². The van der Waals surface area contributed by atoms with Crippen molar-refractivity contribution in [2.45, 2.75) is 31.6 Å². The van der Waals surface area contributed by atoms with Crippen molar-refractivity contribution >= 4 is 41.3 Å². The quantitative estimate of drug-likeness (QED) is 0.549. The third-order valence-electron chi connectivity index (χ3n) is 5.62. The van der Waals surface area contributed by atoms with Crippen LogP contribution in [0.3, 0.4) is 0 Å². The van der Waals surface area contributed by atoms with Crippen LogP contribution in [0.4, 0.5) is 5.69 Å². The summed E-state index contributed by atoms with van der Waals surface area (Å²) in [4.78, 5) is 41.0. The zero-order valence-corrected chi connectivity index (χ0v) is 19.0. The highest BCUT2D eigenvalue weighted by Crippen LogP contribution is 2.39. The molecule has 2 amide bonds. The summed E-state index contributed by atoms with van der Waals surface area (Å²) in [6.07, 6.45) is 3.36. The molecule has 0 aromatic heterocycles. The Kier molecular flexibility index (Phi) is 6.65. The van der Waals surface area contributed by atoms with Crippen molar-refractivity contribution in [1.82, 2.24) is 4.90 Å². The van der Waals surface area contributed by atoms with Gasteiger partial charge in [-0.1, -0.05) is 41.6 Å². The van der Waals surface area contributed by atoms with Gasteiger partial charge in [-0.05, 0) is 56.5 Å². The molecule has 32 heavy (non-hydrogen) atoms. The SMILES string of the molecule is CCOC(=O)C1CCCN(C(=O)c2ccc3c(c2)NC(=O)/C(=C\c2ccc(C)cc2)S3)C1. The minimum atomic E-state index is -0.282. The molecule has 2 aliphatic heterocycles. The third kappa shape index (κ3) is 4.88. The average Bonchev–Trinajstić information content (AvgIpc) is 2.80. The lowest BCUT2D eigenvalue weighted by molar-refractivity contribution is -0.149. The van der Waals surface area contributed by atoms with Crippen molar-refractivity contribution < 1.29 is 19.1 Å². The largest absolute Gasteiger partial charge is 0.466 e. The van der Waals surface area contributed by atoms with Crippen LogP contribution in [0, 0.1) is 12.8 Å². The molecule has 166 valence electrons. The molecule has 1 saturated heterocycles. The summed E-state index contributed by atoms with van der Waals surface area (Å²) in [7, 11) is 0. The predicted octanol–water partition coefficient (Wildman–Crippen LogP) is 4.50. The molecule has 2 aromatic carbocycles. The van der Waals surface area contributed by atoms with Gasteiger partial charge in [-0.15, -0.1) is 0 Å². The molecule has 7 heteroatoms. The molecule has 1 unspecified atom stereocenters. The Hall–Kier alpha value is -3.06. The lowest BCUT2D eigenvalue weighted by Crippen LogP contribution is -2.42. The molecular formula is C25H26N2O4S. The number of likely N-dealkylation sites (tertiary alicyclic amines) is 1. The van der Waals surface area contributed by atoms with Crippen LogP contribution in [0.2, 0.25) is 0 Å².